The summed E-state index contributed by atoms with van der Waals surface area (Å²) in [7, 11) is 1.66. The Labute approximate surface area is 152 Å². The number of carbonyl (C=O) groups is 1. The molecule has 0 spiro atoms. The highest BCUT2D eigenvalue weighted by Gasteiger charge is 2.29. The molecule has 0 aliphatic heterocycles. The zero-order valence-electron chi connectivity index (χ0n) is 13.7. The molecule has 0 aliphatic rings. The van der Waals surface area contributed by atoms with Crippen molar-refractivity contribution in [3.05, 3.63) is 47.0 Å². The van der Waals surface area contributed by atoms with E-state index in [0.717, 1.165) is 9.04 Å². The molecule has 0 aliphatic carbocycles. The fourth-order valence-electron chi connectivity index (χ4n) is 2.20. The van der Waals surface area contributed by atoms with Gasteiger partial charge in [0.1, 0.15) is 12.4 Å². The second-order valence-corrected chi connectivity index (χ2v) is 6.59. The van der Waals surface area contributed by atoms with E-state index in [4.69, 9.17) is 0 Å². The van der Waals surface area contributed by atoms with Crippen molar-refractivity contribution >= 4 is 27.5 Å². The van der Waals surface area contributed by atoms with Gasteiger partial charge in [-0.25, -0.2) is 4.98 Å². The second-order valence-electron chi connectivity index (χ2n) is 5.68. The Hall–Kier alpha value is -1.87. The summed E-state index contributed by atoms with van der Waals surface area (Å²) in [5.41, 5.74) is 0.637. The van der Waals surface area contributed by atoms with E-state index >= 15 is 0 Å². The predicted octanol–water partition coefficient (Wildman–Crippen LogP) is 3.67. The molecule has 1 unspecified atom stereocenters. The molecule has 9 heteroatoms. The molecule has 136 valence electrons. The van der Waals surface area contributed by atoms with Gasteiger partial charge in [-0.05, 0) is 32.2 Å². The molecule has 1 aromatic heterocycles. The zero-order valence-corrected chi connectivity index (χ0v) is 15.3. The lowest BCUT2D eigenvalue weighted by molar-refractivity contribution is -0.141. The maximum Gasteiger partial charge on any atom is 0.406 e. The van der Waals surface area contributed by atoms with Gasteiger partial charge < -0.3 is 9.88 Å². The van der Waals surface area contributed by atoms with Crippen LogP contribution in [0, 0.1) is 0 Å². The highest BCUT2D eigenvalue weighted by Crippen LogP contribution is 2.19. The third-order valence-corrected chi connectivity index (χ3v) is 4.17. The molecule has 1 N–H and O–H groups in total. The number of amides is 1. The summed E-state index contributed by atoms with van der Waals surface area (Å²) in [5, 5.41) is 2.78. The summed E-state index contributed by atoms with van der Waals surface area (Å²) in [5.74, 6) is -0.00328. The van der Waals surface area contributed by atoms with E-state index < -0.39 is 18.8 Å². The smallest absolute Gasteiger partial charge is 0.325 e. The zero-order chi connectivity index (χ0) is 18.6. The molecule has 1 atom stereocenters. The van der Waals surface area contributed by atoms with Crippen LogP contribution in [0.4, 0.5) is 18.9 Å². The molecular formula is C16H18BrF3N4O. The lowest BCUT2D eigenvalue weighted by atomic mass is 10.2. The van der Waals surface area contributed by atoms with Crippen LogP contribution in [0.25, 0.3) is 0 Å². The van der Waals surface area contributed by atoms with E-state index in [1.165, 1.54) is 12.4 Å². The van der Waals surface area contributed by atoms with Gasteiger partial charge in [-0.1, -0.05) is 22.0 Å². The van der Waals surface area contributed by atoms with Crippen LogP contribution in [-0.4, -0.2) is 39.6 Å². The number of rotatable bonds is 6. The monoisotopic (exact) mass is 418 g/mol. The quantitative estimate of drug-likeness (QED) is 0.778. The minimum Gasteiger partial charge on any atom is -0.325 e. The molecule has 2 aromatic rings. The number of benzene rings is 1. The lowest BCUT2D eigenvalue weighted by Crippen LogP contribution is -2.39. The van der Waals surface area contributed by atoms with Crippen molar-refractivity contribution < 1.29 is 18.0 Å². The Bertz CT molecular complexity index is 732. The van der Waals surface area contributed by atoms with Gasteiger partial charge >= 0.3 is 6.18 Å². The van der Waals surface area contributed by atoms with E-state index in [9.17, 15) is 18.0 Å². The van der Waals surface area contributed by atoms with Crippen LogP contribution in [0.1, 0.15) is 12.7 Å². The number of halogens is 4. The number of aromatic nitrogens is 2. The maximum absolute atomic E-state index is 12.6. The molecule has 0 saturated carbocycles. The molecule has 25 heavy (non-hydrogen) atoms. The van der Waals surface area contributed by atoms with Gasteiger partial charge in [-0.2, -0.15) is 13.2 Å². The van der Waals surface area contributed by atoms with Crippen molar-refractivity contribution in [3.8, 4) is 0 Å². The summed E-state index contributed by atoms with van der Waals surface area (Å²) < 4.78 is 39.6. The number of alkyl halides is 3. The van der Waals surface area contributed by atoms with Crippen molar-refractivity contribution in [3.63, 3.8) is 0 Å². The first-order chi connectivity index (χ1) is 11.7. The number of nitrogens with zero attached hydrogens (tertiary/aromatic N) is 3. The van der Waals surface area contributed by atoms with Gasteiger partial charge in [0.05, 0.1) is 12.6 Å². The summed E-state index contributed by atoms with van der Waals surface area (Å²) in [6.45, 7) is 0.704. The Morgan fingerprint density at radius 3 is 2.80 bits per heavy atom. The van der Waals surface area contributed by atoms with Crippen LogP contribution in [0.2, 0.25) is 0 Å². The highest BCUT2D eigenvalue weighted by molar-refractivity contribution is 9.10. The van der Waals surface area contributed by atoms with Gasteiger partial charge in [-0.3, -0.25) is 9.69 Å². The molecule has 1 amide bonds. The van der Waals surface area contributed by atoms with E-state index in [2.05, 4.69) is 26.2 Å². The maximum atomic E-state index is 12.6. The topological polar surface area (TPSA) is 50.2 Å². The first kappa shape index (κ1) is 19.5. The SMILES string of the molecule is CC(C(=O)Nc1cccc(Br)c1)N(C)Cc1nccn1CC(F)(F)F. The number of nitrogens with one attached hydrogen (secondary N) is 1. The van der Waals surface area contributed by atoms with Crippen molar-refractivity contribution in [1.82, 2.24) is 14.5 Å². The Morgan fingerprint density at radius 2 is 2.16 bits per heavy atom. The molecule has 2 rings (SSSR count). The number of carbonyl (C=O) groups excluding carboxylic acids is 1. The number of hydrogen-bond donors (Lipinski definition) is 1. The normalized spacial score (nSPS) is 13.1. The molecule has 0 saturated heterocycles. The third kappa shape index (κ3) is 5.86. The Morgan fingerprint density at radius 1 is 1.44 bits per heavy atom. The largest absolute Gasteiger partial charge is 0.406 e. The fourth-order valence-corrected chi connectivity index (χ4v) is 2.60. The summed E-state index contributed by atoms with van der Waals surface area (Å²) in [4.78, 5) is 17.9. The number of hydrogen-bond acceptors (Lipinski definition) is 3. The molecule has 0 bridgehead atoms. The van der Waals surface area contributed by atoms with Crippen molar-refractivity contribution in [2.75, 3.05) is 12.4 Å². The number of imidazole rings is 1. The van der Waals surface area contributed by atoms with Crippen molar-refractivity contribution in [2.45, 2.75) is 32.2 Å². The van der Waals surface area contributed by atoms with Crippen LogP contribution in [0.5, 0.6) is 0 Å². The molecule has 1 aromatic carbocycles. The van der Waals surface area contributed by atoms with Gasteiger partial charge in [0.25, 0.3) is 0 Å². The molecule has 1 heterocycles. The van der Waals surface area contributed by atoms with Crippen LogP contribution in [0.3, 0.4) is 0 Å². The van der Waals surface area contributed by atoms with Crippen LogP contribution >= 0.6 is 15.9 Å². The number of anilines is 1. The van der Waals surface area contributed by atoms with E-state index in [-0.39, 0.29) is 18.3 Å². The van der Waals surface area contributed by atoms with Gasteiger partial charge in [-0.15, -0.1) is 0 Å². The minimum atomic E-state index is -4.32. The van der Waals surface area contributed by atoms with Gasteiger partial charge in [0.2, 0.25) is 5.91 Å². The Balaban J connectivity index is 1.99. The number of likely N-dealkylation sites (N-methyl/N-ethyl adjacent to an activating group) is 1. The molecule has 0 fully saturated rings. The Kier molecular flexibility index (Phi) is 6.23. The highest BCUT2D eigenvalue weighted by atomic mass is 79.9. The van der Waals surface area contributed by atoms with Crippen molar-refractivity contribution in [2.24, 2.45) is 0 Å². The summed E-state index contributed by atoms with van der Waals surface area (Å²) >= 11 is 3.33. The average Bonchev–Trinajstić information content (AvgIpc) is 2.91. The molecule has 5 nitrogen and oxygen atoms in total. The lowest BCUT2D eigenvalue weighted by Gasteiger charge is -2.24. The van der Waals surface area contributed by atoms with Crippen molar-refractivity contribution in [1.29, 1.82) is 0 Å². The van der Waals surface area contributed by atoms with Gasteiger partial charge in [0, 0.05) is 22.6 Å². The predicted molar refractivity (Wildman–Crippen MR) is 92.0 cm³/mol. The van der Waals surface area contributed by atoms with Gasteiger partial charge in [0.15, 0.2) is 0 Å². The first-order valence-corrected chi connectivity index (χ1v) is 8.28. The average molecular weight is 419 g/mol. The standard InChI is InChI=1S/C16H18BrF3N4O/c1-11(15(25)22-13-5-3-4-12(17)8-13)23(2)9-14-21-6-7-24(14)10-16(18,19)20/h3-8,11H,9-10H2,1-2H3,(H,22,25). The van der Waals surface area contributed by atoms with E-state index in [1.807, 2.05) is 6.07 Å². The van der Waals surface area contributed by atoms with E-state index in [1.54, 1.807) is 37.1 Å². The van der Waals surface area contributed by atoms with Crippen LogP contribution in [-0.2, 0) is 17.9 Å². The third-order valence-electron chi connectivity index (χ3n) is 3.67. The summed E-state index contributed by atoms with van der Waals surface area (Å²) in [6.07, 6.45) is -1.72. The fraction of sp³-hybridized carbons (Fsp3) is 0.375. The van der Waals surface area contributed by atoms with E-state index in [0.29, 0.717) is 5.69 Å². The molecule has 0 radical (unpaired) electrons. The van der Waals surface area contributed by atoms with Crippen LogP contribution in [0.15, 0.2) is 41.1 Å². The second kappa shape index (κ2) is 8.01. The molecular weight excluding hydrogens is 401 g/mol. The summed E-state index contributed by atoms with van der Waals surface area (Å²) in [6, 6.07) is 6.61. The minimum absolute atomic E-state index is 0.121. The first-order valence-electron chi connectivity index (χ1n) is 7.49. The van der Waals surface area contributed by atoms with Crippen LogP contribution < -0.4 is 5.32 Å².